The summed E-state index contributed by atoms with van der Waals surface area (Å²) in [6, 6.07) is 10.3. The van der Waals surface area contributed by atoms with Gasteiger partial charge in [-0.05, 0) is 18.9 Å². The lowest BCUT2D eigenvalue weighted by molar-refractivity contribution is 0.181. The molecular weight excluding hydrogens is 250 g/mol. The van der Waals surface area contributed by atoms with Crippen LogP contribution < -0.4 is 5.32 Å². The van der Waals surface area contributed by atoms with Crippen molar-refractivity contribution in [1.82, 2.24) is 9.97 Å². The quantitative estimate of drug-likeness (QED) is 0.875. The van der Waals surface area contributed by atoms with Gasteiger partial charge in [-0.2, -0.15) is 0 Å². The molecule has 1 N–H and O–H groups in total. The van der Waals surface area contributed by atoms with Crippen LogP contribution in [0.4, 0.5) is 5.82 Å². The van der Waals surface area contributed by atoms with Crippen molar-refractivity contribution in [3.05, 3.63) is 41.6 Å². The third-order valence-corrected chi connectivity index (χ3v) is 3.05. The van der Waals surface area contributed by atoms with E-state index < -0.39 is 0 Å². The average molecular weight is 271 g/mol. The van der Waals surface area contributed by atoms with E-state index in [9.17, 15) is 0 Å². The van der Waals surface area contributed by atoms with Gasteiger partial charge in [0, 0.05) is 25.3 Å². The second-order valence-electron chi connectivity index (χ2n) is 4.58. The molecule has 4 nitrogen and oxygen atoms in total. The number of anilines is 1. The Labute approximate surface area is 120 Å². The molecule has 0 fully saturated rings. The molecule has 20 heavy (non-hydrogen) atoms. The summed E-state index contributed by atoms with van der Waals surface area (Å²) in [7, 11) is 1.67. The molecule has 0 atom stereocenters. The number of methoxy groups -OCH3 is 1. The summed E-state index contributed by atoms with van der Waals surface area (Å²) in [6.45, 7) is 5.51. The zero-order valence-corrected chi connectivity index (χ0v) is 12.3. The Hall–Kier alpha value is -1.94. The zero-order valence-electron chi connectivity index (χ0n) is 12.3. The molecule has 0 spiro atoms. The first-order valence-corrected chi connectivity index (χ1v) is 6.96. The fourth-order valence-electron chi connectivity index (χ4n) is 2.01. The van der Waals surface area contributed by atoms with Gasteiger partial charge >= 0.3 is 0 Å². The minimum absolute atomic E-state index is 0.487. The maximum absolute atomic E-state index is 5.17. The molecule has 0 amide bonds. The van der Waals surface area contributed by atoms with E-state index in [0.29, 0.717) is 6.61 Å². The minimum Gasteiger partial charge on any atom is -0.378 e. The maximum atomic E-state index is 5.17. The molecule has 0 saturated heterocycles. The summed E-state index contributed by atoms with van der Waals surface area (Å²) < 4.78 is 5.17. The van der Waals surface area contributed by atoms with Crippen LogP contribution in [-0.4, -0.2) is 23.6 Å². The molecule has 106 valence electrons. The first-order valence-electron chi connectivity index (χ1n) is 6.96. The Kier molecular flexibility index (Phi) is 5.07. The zero-order chi connectivity index (χ0) is 14.4. The van der Waals surface area contributed by atoms with Crippen molar-refractivity contribution >= 4 is 5.82 Å². The van der Waals surface area contributed by atoms with Gasteiger partial charge in [0.25, 0.3) is 0 Å². The first kappa shape index (κ1) is 14.5. The molecular formula is C16H21N3O. The van der Waals surface area contributed by atoms with Gasteiger partial charge in [0.15, 0.2) is 5.82 Å². The molecule has 0 aliphatic heterocycles. The van der Waals surface area contributed by atoms with Crippen molar-refractivity contribution in [3.63, 3.8) is 0 Å². The van der Waals surface area contributed by atoms with E-state index in [1.165, 1.54) is 5.56 Å². The largest absolute Gasteiger partial charge is 0.378 e. The van der Waals surface area contributed by atoms with Crippen LogP contribution in [0.25, 0.3) is 11.4 Å². The molecule has 1 heterocycles. The van der Waals surface area contributed by atoms with Gasteiger partial charge in [-0.15, -0.1) is 0 Å². The van der Waals surface area contributed by atoms with Crippen LogP contribution in [0, 0.1) is 0 Å². The van der Waals surface area contributed by atoms with Gasteiger partial charge in [0.2, 0.25) is 0 Å². The Morgan fingerprint density at radius 1 is 1.10 bits per heavy atom. The van der Waals surface area contributed by atoms with E-state index in [1.54, 1.807) is 7.11 Å². The molecule has 0 saturated carbocycles. The van der Waals surface area contributed by atoms with Crippen molar-refractivity contribution in [2.45, 2.75) is 26.9 Å². The third-order valence-electron chi connectivity index (χ3n) is 3.05. The fraction of sp³-hybridized carbons (Fsp3) is 0.375. The van der Waals surface area contributed by atoms with Gasteiger partial charge in [-0.25, -0.2) is 9.97 Å². The number of ether oxygens (including phenoxy) is 1. The van der Waals surface area contributed by atoms with Crippen LogP contribution in [0.3, 0.4) is 0 Å². The number of rotatable bonds is 6. The molecule has 4 heteroatoms. The Bertz CT molecular complexity index is 528. The van der Waals surface area contributed by atoms with Crippen molar-refractivity contribution < 1.29 is 4.74 Å². The van der Waals surface area contributed by atoms with Crippen molar-refractivity contribution in [3.8, 4) is 11.4 Å². The Morgan fingerprint density at radius 2 is 1.85 bits per heavy atom. The molecule has 2 aromatic rings. The predicted octanol–water partition coefficient (Wildman–Crippen LogP) is 3.28. The molecule has 0 unspecified atom stereocenters. The summed E-state index contributed by atoms with van der Waals surface area (Å²) in [5.74, 6) is 1.57. The second kappa shape index (κ2) is 7.01. The van der Waals surface area contributed by atoms with Crippen LogP contribution in [0.5, 0.6) is 0 Å². The fourth-order valence-corrected chi connectivity index (χ4v) is 2.01. The summed E-state index contributed by atoms with van der Waals surface area (Å²) in [4.78, 5) is 9.11. The topological polar surface area (TPSA) is 47.0 Å². The molecule has 1 aromatic carbocycles. The highest BCUT2D eigenvalue weighted by Crippen LogP contribution is 2.19. The summed E-state index contributed by atoms with van der Waals surface area (Å²) in [5, 5.41) is 3.23. The van der Waals surface area contributed by atoms with Crippen LogP contribution >= 0.6 is 0 Å². The van der Waals surface area contributed by atoms with E-state index in [-0.39, 0.29) is 0 Å². The standard InChI is InChI=1S/C16H21N3O/c1-4-12-6-8-13(9-7-12)16-18-14(11-20-3)10-15(19-16)17-5-2/h6-10H,4-5,11H2,1-3H3,(H,17,18,19). The second-order valence-corrected chi connectivity index (χ2v) is 4.58. The molecule has 0 radical (unpaired) electrons. The molecule has 1 aromatic heterocycles. The number of aryl methyl sites for hydroxylation is 1. The van der Waals surface area contributed by atoms with Crippen LogP contribution in [0.15, 0.2) is 30.3 Å². The molecule has 0 bridgehead atoms. The number of nitrogens with one attached hydrogen (secondary N) is 1. The number of nitrogens with zero attached hydrogens (tertiary/aromatic N) is 2. The first-order chi connectivity index (χ1) is 9.76. The maximum Gasteiger partial charge on any atom is 0.161 e. The average Bonchev–Trinajstić information content (AvgIpc) is 2.48. The highest BCUT2D eigenvalue weighted by molar-refractivity contribution is 5.58. The number of hydrogen-bond acceptors (Lipinski definition) is 4. The number of hydrogen-bond donors (Lipinski definition) is 1. The van der Waals surface area contributed by atoms with Crippen LogP contribution in [0.1, 0.15) is 25.1 Å². The van der Waals surface area contributed by atoms with Crippen molar-refractivity contribution in [1.29, 1.82) is 0 Å². The Morgan fingerprint density at radius 3 is 2.45 bits per heavy atom. The molecule has 2 rings (SSSR count). The van der Waals surface area contributed by atoms with Crippen LogP contribution in [0.2, 0.25) is 0 Å². The number of aromatic nitrogens is 2. The van der Waals surface area contributed by atoms with Gasteiger partial charge in [0.1, 0.15) is 5.82 Å². The Balaban J connectivity index is 2.37. The monoisotopic (exact) mass is 271 g/mol. The van der Waals surface area contributed by atoms with E-state index in [0.717, 1.165) is 35.9 Å². The van der Waals surface area contributed by atoms with Crippen LogP contribution in [-0.2, 0) is 17.8 Å². The highest BCUT2D eigenvalue weighted by atomic mass is 16.5. The lowest BCUT2D eigenvalue weighted by atomic mass is 10.1. The highest BCUT2D eigenvalue weighted by Gasteiger charge is 2.06. The summed E-state index contributed by atoms with van der Waals surface area (Å²) >= 11 is 0. The van der Waals surface area contributed by atoms with Gasteiger partial charge in [-0.1, -0.05) is 31.2 Å². The summed E-state index contributed by atoms with van der Waals surface area (Å²) in [5.41, 5.74) is 3.22. The third kappa shape index (κ3) is 3.54. The number of benzene rings is 1. The molecule has 0 aliphatic carbocycles. The predicted molar refractivity (Wildman–Crippen MR) is 81.7 cm³/mol. The van der Waals surface area contributed by atoms with Crippen molar-refractivity contribution in [2.75, 3.05) is 19.0 Å². The van der Waals surface area contributed by atoms with E-state index in [4.69, 9.17) is 4.74 Å². The lowest BCUT2D eigenvalue weighted by Gasteiger charge is -2.09. The minimum atomic E-state index is 0.487. The van der Waals surface area contributed by atoms with Gasteiger partial charge < -0.3 is 10.1 Å². The van der Waals surface area contributed by atoms with Crippen molar-refractivity contribution in [2.24, 2.45) is 0 Å². The van der Waals surface area contributed by atoms with Gasteiger partial charge in [0.05, 0.1) is 12.3 Å². The SMILES string of the molecule is CCNc1cc(COC)nc(-c2ccc(CC)cc2)n1. The normalized spacial score (nSPS) is 10.6. The van der Waals surface area contributed by atoms with Gasteiger partial charge in [-0.3, -0.25) is 0 Å². The summed E-state index contributed by atoms with van der Waals surface area (Å²) in [6.07, 6.45) is 1.04. The van der Waals surface area contributed by atoms with E-state index in [2.05, 4.69) is 46.5 Å². The smallest absolute Gasteiger partial charge is 0.161 e. The molecule has 0 aliphatic rings. The van der Waals surface area contributed by atoms with E-state index in [1.807, 2.05) is 13.0 Å². The lowest BCUT2D eigenvalue weighted by Crippen LogP contribution is -2.04. The van der Waals surface area contributed by atoms with E-state index >= 15 is 0 Å².